The predicted octanol–water partition coefficient (Wildman–Crippen LogP) is 6.18. The Bertz CT molecular complexity index is 2280. The summed E-state index contributed by atoms with van der Waals surface area (Å²) < 4.78 is 0. The lowest BCUT2D eigenvalue weighted by molar-refractivity contribution is -0.137. The molecule has 1 aromatic heterocycles. The molecule has 3 saturated heterocycles. The normalized spacial score (nSPS) is 20.4. The number of carbonyl (C=O) groups excluding carboxylic acids is 5. The molecule has 0 saturated carbocycles. The molecule has 5 amide bonds. The maximum absolute atomic E-state index is 14.0. The first kappa shape index (κ1) is 42.2. The fraction of sp³-hybridized carbons (Fsp3) is 0.447. The molecule has 13 nitrogen and oxygen atoms in total. The predicted molar refractivity (Wildman–Crippen MR) is 241 cm³/mol. The number of fused-ring (bicyclic) bond motifs is 2. The van der Waals surface area contributed by atoms with Crippen molar-refractivity contribution in [3.8, 4) is 0 Å². The van der Waals surface area contributed by atoms with Crippen LogP contribution in [0.3, 0.4) is 0 Å². The Morgan fingerprint density at radius 2 is 1.65 bits per heavy atom. The van der Waals surface area contributed by atoms with E-state index in [2.05, 4.69) is 48.5 Å². The van der Waals surface area contributed by atoms with Crippen LogP contribution in [-0.4, -0.2) is 118 Å². The van der Waals surface area contributed by atoms with Gasteiger partial charge in [-0.25, -0.2) is 4.98 Å². The van der Waals surface area contributed by atoms with Gasteiger partial charge in [0.2, 0.25) is 11.8 Å². The second-order valence-corrected chi connectivity index (χ2v) is 19.0. The van der Waals surface area contributed by atoms with Gasteiger partial charge in [-0.15, -0.1) is 23.1 Å². The van der Waals surface area contributed by atoms with E-state index in [9.17, 15) is 24.0 Å². The van der Waals surface area contributed by atoms with Crippen LogP contribution in [0.5, 0.6) is 0 Å². The fourth-order valence-electron chi connectivity index (χ4n) is 9.79. The number of thioether (sulfide) groups is 1. The molecule has 62 heavy (non-hydrogen) atoms. The third-order valence-corrected chi connectivity index (χ3v) is 15.1. The van der Waals surface area contributed by atoms with E-state index >= 15 is 0 Å². The molecule has 9 rings (SSSR count). The molecule has 3 aromatic carbocycles. The summed E-state index contributed by atoms with van der Waals surface area (Å²) in [7, 11) is 0. The maximum Gasteiger partial charge on any atom is 0.255 e. The number of imide groups is 1. The van der Waals surface area contributed by atoms with E-state index < -0.39 is 12.1 Å². The zero-order chi connectivity index (χ0) is 42.6. The number of rotatable bonds is 15. The van der Waals surface area contributed by atoms with Crippen LogP contribution in [0.1, 0.15) is 94.8 Å². The van der Waals surface area contributed by atoms with Gasteiger partial charge in [-0.3, -0.25) is 39.5 Å². The molecule has 0 bridgehead atoms. The smallest absolute Gasteiger partial charge is 0.255 e. The Balaban J connectivity index is 0.681. The number of amides is 5. The van der Waals surface area contributed by atoms with Crippen LogP contribution >= 0.6 is 23.1 Å². The van der Waals surface area contributed by atoms with Crippen LogP contribution in [-0.2, 0) is 27.5 Å². The van der Waals surface area contributed by atoms with Gasteiger partial charge in [0.05, 0.1) is 0 Å². The first-order valence-corrected chi connectivity index (χ1v) is 24.0. The van der Waals surface area contributed by atoms with Crippen LogP contribution in [0.25, 0.3) is 0 Å². The highest BCUT2D eigenvalue weighted by Gasteiger charge is 2.41. The molecule has 6 heterocycles. The first-order chi connectivity index (χ1) is 30.3. The number of aromatic nitrogens is 1. The summed E-state index contributed by atoms with van der Waals surface area (Å²) in [6.07, 6.45) is 9.19. The van der Waals surface area contributed by atoms with Gasteiger partial charge in [0.25, 0.3) is 17.7 Å². The third kappa shape index (κ3) is 9.17. The lowest BCUT2D eigenvalue weighted by Crippen LogP contribution is -2.53. The van der Waals surface area contributed by atoms with E-state index in [1.165, 1.54) is 30.6 Å². The number of unbranched alkanes of at least 4 members (excludes halogenated alkanes) is 3. The van der Waals surface area contributed by atoms with Gasteiger partial charge in [-0.05, 0) is 85.4 Å². The molecule has 5 aliphatic rings. The van der Waals surface area contributed by atoms with Crippen molar-refractivity contribution >= 4 is 63.5 Å². The molecule has 2 atom stereocenters. The summed E-state index contributed by atoms with van der Waals surface area (Å²) in [5.74, 6) is -0.154. The minimum absolute atomic E-state index is 0.117. The topological polar surface area (TPSA) is 138 Å². The maximum atomic E-state index is 14.0. The van der Waals surface area contributed by atoms with Crippen molar-refractivity contribution in [2.24, 2.45) is 0 Å². The van der Waals surface area contributed by atoms with E-state index in [0.717, 1.165) is 98.1 Å². The molecule has 0 aliphatic carbocycles. The molecule has 324 valence electrons. The molecule has 4 aromatic rings. The van der Waals surface area contributed by atoms with Crippen LogP contribution in [0.2, 0.25) is 0 Å². The zero-order valence-corrected chi connectivity index (χ0v) is 36.6. The highest BCUT2D eigenvalue weighted by Crippen LogP contribution is 2.37. The van der Waals surface area contributed by atoms with E-state index in [0.29, 0.717) is 41.8 Å². The number of hydrogen-bond donors (Lipinski definition) is 2. The number of anilines is 2. The first-order valence-electron chi connectivity index (χ1n) is 22.1. The van der Waals surface area contributed by atoms with Gasteiger partial charge in [0.15, 0.2) is 5.13 Å². The summed E-state index contributed by atoms with van der Waals surface area (Å²) in [4.78, 5) is 81.3. The number of nitrogens with one attached hydrogen (secondary N) is 2. The van der Waals surface area contributed by atoms with E-state index in [-0.39, 0.29) is 36.0 Å². The van der Waals surface area contributed by atoms with Gasteiger partial charge < -0.3 is 19.6 Å². The number of hydrogen-bond acceptors (Lipinski definition) is 11. The number of piperidine rings is 2. The van der Waals surface area contributed by atoms with Crippen molar-refractivity contribution in [2.75, 3.05) is 61.8 Å². The Morgan fingerprint density at radius 1 is 0.839 bits per heavy atom. The molecule has 0 radical (unpaired) electrons. The summed E-state index contributed by atoms with van der Waals surface area (Å²) in [5, 5.41) is 7.63. The Kier molecular flexibility index (Phi) is 13.0. The summed E-state index contributed by atoms with van der Waals surface area (Å²) in [5.41, 5.74) is 5.15. The van der Waals surface area contributed by atoms with Crippen molar-refractivity contribution in [2.45, 2.75) is 87.5 Å². The van der Waals surface area contributed by atoms with Crippen molar-refractivity contribution < 1.29 is 24.0 Å². The summed E-state index contributed by atoms with van der Waals surface area (Å²) >= 11 is 3.16. The van der Waals surface area contributed by atoms with E-state index in [4.69, 9.17) is 0 Å². The van der Waals surface area contributed by atoms with Gasteiger partial charge in [-0.2, -0.15) is 0 Å². The molecular formula is C47H54N8O5S2. The molecule has 15 heteroatoms. The Labute approximate surface area is 371 Å². The van der Waals surface area contributed by atoms with Gasteiger partial charge in [0.1, 0.15) is 12.1 Å². The Hall–Kier alpha value is -5.09. The van der Waals surface area contributed by atoms with Crippen molar-refractivity contribution in [3.05, 3.63) is 106 Å². The Morgan fingerprint density at radius 3 is 2.42 bits per heavy atom. The number of nitrogens with zero attached hydrogens (tertiary/aromatic N) is 6. The minimum atomic E-state index is -0.767. The average molecular weight is 875 g/mol. The minimum Gasteiger partial charge on any atom is -0.371 e. The van der Waals surface area contributed by atoms with Crippen molar-refractivity contribution in [1.82, 2.24) is 29.9 Å². The standard InChI is InChI=1S/C47H54N8O5S2/c56-41-16-15-39(43(57)49-41)54-31-38-36(45(54)59)11-8-12-40(38)61-27-7-2-1-6-20-51-23-25-53(26-24-51)34-17-21-52(22-18-34)35-14-13-33-30-55(46(60)37(33)29-35)42(32-9-4-3-5-10-32)44(58)50-47-48-19-28-62-47/h3-5,8-14,19,28-29,34,39,42H,1-2,6-7,15-18,20-27,30-31H2,(H,48,50,58)(H,49,56,57). The average Bonchev–Trinajstić information content (AvgIpc) is 4.02. The monoisotopic (exact) mass is 874 g/mol. The third-order valence-electron chi connectivity index (χ3n) is 13.2. The molecular weight excluding hydrogens is 821 g/mol. The van der Waals surface area contributed by atoms with Crippen molar-refractivity contribution in [3.63, 3.8) is 0 Å². The SMILES string of the molecule is O=C1CCC(N2Cc3c(SCCCCCCN4CCN(C5CCN(c6ccc7c(c6)C(=O)N(C(C(=O)Nc6nccs6)c6ccccc6)C7)CC5)CC4)cccc3C2=O)C(=O)N1. The van der Waals surface area contributed by atoms with Crippen LogP contribution in [0, 0.1) is 0 Å². The number of carbonyl (C=O) groups is 5. The largest absolute Gasteiger partial charge is 0.371 e. The second kappa shape index (κ2) is 19.1. The zero-order valence-electron chi connectivity index (χ0n) is 35.0. The van der Waals surface area contributed by atoms with Gasteiger partial charge in [0, 0.05) is 98.1 Å². The number of piperazine rings is 1. The molecule has 3 fully saturated rings. The molecule has 5 aliphatic heterocycles. The number of thiazole rings is 1. The lowest BCUT2D eigenvalue weighted by Gasteiger charge is -2.43. The van der Waals surface area contributed by atoms with Gasteiger partial charge in [-0.1, -0.05) is 55.3 Å². The lowest BCUT2D eigenvalue weighted by atomic mass is 10.0. The van der Waals surface area contributed by atoms with Gasteiger partial charge >= 0.3 is 0 Å². The van der Waals surface area contributed by atoms with Crippen LogP contribution in [0.15, 0.2) is 83.2 Å². The summed E-state index contributed by atoms with van der Waals surface area (Å²) in [6, 6.07) is 20.8. The number of benzene rings is 3. The quantitative estimate of drug-likeness (QED) is 0.0810. The molecule has 2 N–H and O–H groups in total. The molecule has 0 spiro atoms. The highest BCUT2D eigenvalue weighted by molar-refractivity contribution is 7.99. The summed E-state index contributed by atoms with van der Waals surface area (Å²) in [6.45, 7) is 8.28. The fourth-order valence-corrected chi connectivity index (χ4v) is 11.4. The van der Waals surface area contributed by atoms with Crippen LogP contribution < -0.4 is 15.5 Å². The van der Waals surface area contributed by atoms with Crippen molar-refractivity contribution in [1.29, 1.82) is 0 Å². The van der Waals surface area contributed by atoms with E-state index in [1.807, 2.05) is 53.9 Å². The highest BCUT2D eigenvalue weighted by atomic mass is 32.2. The van der Waals surface area contributed by atoms with Crippen LogP contribution in [0.4, 0.5) is 10.8 Å². The molecule has 2 unspecified atom stereocenters. The van der Waals surface area contributed by atoms with E-state index in [1.54, 1.807) is 27.8 Å². The second-order valence-electron chi connectivity index (χ2n) is 17.0.